The molecule has 7 nitrogen and oxygen atoms in total. The molecule has 0 bridgehead atoms. The minimum atomic E-state index is -0.582. The zero-order valence-corrected chi connectivity index (χ0v) is 15.8. The molecule has 0 aliphatic carbocycles. The molecule has 138 valence electrons. The van der Waals surface area contributed by atoms with Crippen molar-refractivity contribution in [3.63, 3.8) is 0 Å². The largest absolute Gasteiger partial charge is 0.296 e. The van der Waals surface area contributed by atoms with Crippen molar-refractivity contribution in [2.75, 3.05) is 5.32 Å². The average Bonchev–Trinajstić information content (AvgIpc) is 3.09. The van der Waals surface area contributed by atoms with E-state index in [1.165, 1.54) is 29.0 Å². The number of nitro groups is 1. The summed E-state index contributed by atoms with van der Waals surface area (Å²) in [5.74, 6) is -0.309. The van der Waals surface area contributed by atoms with Gasteiger partial charge in [0.05, 0.1) is 15.5 Å². The Morgan fingerprint density at radius 1 is 1.26 bits per heavy atom. The third kappa shape index (κ3) is 4.66. The summed E-state index contributed by atoms with van der Waals surface area (Å²) >= 11 is 7.25. The van der Waals surface area contributed by atoms with Crippen LogP contribution in [0.5, 0.6) is 0 Å². The van der Waals surface area contributed by atoms with Crippen LogP contribution in [0.25, 0.3) is 0 Å². The van der Waals surface area contributed by atoms with Crippen LogP contribution in [-0.2, 0) is 6.42 Å². The van der Waals surface area contributed by atoms with Gasteiger partial charge in [0.25, 0.3) is 11.6 Å². The van der Waals surface area contributed by atoms with Gasteiger partial charge in [0.2, 0.25) is 5.13 Å². The van der Waals surface area contributed by atoms with E-state index < -0.39 is 10.8 Å². The summed E-state index contributed by atoms with van der Waals surface area (Å²) in [5, 5.41) is 22.8. The van der Waals surface area contributed by atoms with Gasteiger partial charge in [0, 0.05) is 18.6 Å². The van der Waals surface area contributed by atoms with Gasteiger partial charge >= 0.3 is 0 Å². The zero-order chi connectivity index (χ0) is 19.4. The fourth-order valence-corrected chi connectivity index (χ4v) is 3.58. The first kappa shape index (κ1) is 18.9. The molecule has 1 atom stereocenters. The number of rotatable bonds is 6. The number of hydrogen-bond donors (Lipinski definition) is 1. The lowest BCUT2D eigenvalue weighted by molar-refractivity contribution is -0.384. The molecule has 0 fully saturated rings. The first-order valence-electron chi connectivity index (χ1n) is 8.06. The third-order valence-electron chi connectivity index (χ3n) is 3.94. The topological polar surface area (TPSA) is 98.0 Å². The van der Waals surface area contributed by atoms with Crippen LogP contribution >= 0.6 is 22.9 Å². The maximum atomic E-state index is 12.4. The Morgan fingerprint density at radius 3 is 2.70 bits per heavy atom. The second-order valence-corrected chi connectivity index (χ2v) is 7.36. The maximum Gasteiger partial charge on any atom is 0.270 e. The highest BCUT2D eigenvalue weighted by Crippen LogP contribution is 2.26. The van der Waals surface area contributed by atoms with Crippen LogP contribution in [0.2, 0.25) is 5.02 Å². The number of nitrogens with one attached hydrogen (secondary N) is 1. The molecule has 0 unspecified atom stereocenters. The molecule has 27 heavy (non-hydrogen) atoms. The lowest BCUT2D eigenvalue weighted by atomic mass is 9.98. The summed E-state index contributed by atoms with van der Waals surface area (Å²) in [6.07, 6.45) is 0.690. The average molecular weight is 403 g/mol. The zero-order valence-electron chi connectivity index (χ0n) is 14.3. The summed E-state index contributed by atoms with van der Waals surface area (Å²) in [5.41, 5.74) is 1.00. The number of nitro benzene ring substituents is 1. The molecule has 9 heteroatoms. The molecule has 0 saturated carbocycles. The van der Waals surface area contributed by atoms with Crippen molar-refractivity contribution in [1.82, 2.24) is 10.2 Å². The lowest BCUT2D eigenvalue weighted by Crippen LogP contribution is -2.12. The van der Waals surface area contributed by atoms with Crippen LogP contribution in [0.3, 0.4) is 0 Å². The number of benzene rings is 2. The molecular weight excluding hydrogens is 388 g/mol. The Hall–Kier alpha value is -2.84. The van der Waals surface area contributed by atoms with Gasteiger partial charge in [0.1, 0.15) is 5.01 Å². The second-order valence-electron chi connectivity index (χ2n) is 5.89. The highest BCUT2D eigenvalue weighted by molar-refractivity contribution is 7.15. The lowest BCUT2D eigenvalue weighted by Gasteiger charge is -2.08. The highest BCUT2D eigenvalue weighted by atomic mass is 35.5. The number of carbonyl (C=O) groups is 1. The Bertz CT molecular complexity index is 978. The molecule has 2 aromatic carbocycles. The molecule has 3 aromatic rings. The van der Waals surface area contributed by atoms with Gasteiger partial charge in [-0.15, -0.1) is 10.2 Å². The number of carbonyl (C=O) groups excluding carboxylic acids is 1. The number of aromatic nitrogens is 2. The summed E-state index contributed by atoms with van der Waals surface area (Å²) in [6.45, 7) is 2.10. The molecule has 1 aromatic heterocycles. The van der Waals surface area contributed by atoms with E-state index in [2.05, 4.69) is 34.6 Å². The molecule has 0 aliphatic rings. The fourth-order valence-electron chi connectivity index (χ4n) is 2.51. The van der Waals surface area contributed by atoms with Gasteiger partial charge in [-0.2, -0.15) is 0 Å². The van der Waals surface area contributed by atoms with Crippen molar-refractivity contribution in [1.29, 1.82) is 0 Å². The van der Waals surface area contributed by atoms with E-state index in [9.17, 15) is 14.9 Å². The van der Waals surface area contributed by atoms with Gasteiger partial charge in [-0.05, 0) is 17.5 Å². The van der Waals surface area contributed by atoms with Crippen molar-refractivity contribution < 1.29 is 9.72 Å². The fraction of sp³-hybridized carbons (Fsp3) is 0.167. The van der Waals surface area contributed by atoms with Gasteiger partial charge in [-0.25, -0.2) is 0 Å². The summed E-state index contributed by atoms with van der Waals surface area (Å²) < 4.78 is 0. The standard InChI is InChI=1S/C18H15ClN4O3S/c1-11(12-5-3-2-4-6-12)9-16-21-22-18(27-16)20-17(24)14-10-13(23(25)26)7-8-15(14)19/h2-8,10-11H,9H2,1H3,(H,20,22,24)/t11-/m0/s1. The van der Waals surface area contributed by atoms with Crippen LogP contribution < -0.4 is 5.32 Å². The van der Waals surface area contributed by atoms with Crippen LogP contribution in [0.4, 0.5) is 10.8 Å². The SMILES string of the molecule is C[C@@H](Cc1nnc(NC(=O)c2cc([N+](=O)[O-])ccc2Cl)s1)c1ccccc1. The monoisotopic (exact) mass is 402 g/mol. The third-order valence-corrected chi connectivity index (χ3v) is 5.13. The molecule has 1 amide bonds. The van der Waals surface area contributed by atoms with Gasteiger partial charge in [-0.1, -0.05) is 60.2 Å². The Morgan fingerprint density at radius 2 is 2.00 bits per heavy atom. The summed E-state index contributed by atoms with van der Waals surface area (Å²) in [4.78, 5) is 22.7. The van der Waals surface area contributed by atoms with Crippen molar-refractivity contribution in [2.45, 2.75) is 19.3 Å². The van der Waals surface area contributed by atoms with E-state index in [1.807, 2.05) is 18.2 Å². The highest BCUT2D eigenvalue weighted by Gasteiger charge is 2.18. The first-order chi connectivity index (χ1) is 12.9. The van der Waals surface area contributed by atoms with Crippen LogP contribution in [0.15, 0.2) is 48.5 Å². The molecular formula is C18H15ClN4O3S. The number of non-ortho nitro benzene ring substituents is 1. The van der Waals surface area contributed by atoms with Crippen molar-refractivity contribution in [3.8, 4) is 0 Å². The van der Waals surface area contributed by atoms with Crippen LogP contribution in [0, 0.1) is 10.1 Å². The number of nitrogens with zero attached hydrogens (tertiary/aromatic N) is 3. The molecule has 3 rings (SSSR count). The van der Waals surface area contributed by atoms with Crippen LogP contribution in [0.1, 0.15) is 33.8 Å². The molecule has 0 spiro atoms. The smallest absolute Gasteiger partial charge is 0.270 e. The number of amides is 1. The van der Waals surface area contributed by atoms with Crippen molar-refractivity contribution >= 4 is 39.7 Å². The molecule has 0 radical (unpaired) electrons. The number of hydrogen-bond acceptors (Lipinski definition) is 6. The van der Waals surface area contributed by atoms with Gasteiger partial charge in [-0.3, -0.25) is 20.2 Å². The summed E-state index contributed by atoms with van der Waals surface area (Å²) in [7, 11) is 0. The Labute approximate surface area is 164 Å². The van der Waals surface area contributed by atoms with E-state index in [0.29, 0.717) is 11.6 Å². The van der Waals surface area contributed by atoms with Gasteiger partial charge in [0.15, 0.2) is 0 Å². The van der Waals surface area contributed by atoms with Crippen molar-refractivity contribution in [3.05, 3.63) is 79.8 Å². The minimum absolute atomic E-state index is 0.0141. The molecule has 0 aliphatic heterocycles. The van der Waals surface area contributed by atoms with E-state index in [0.717, 1.165) is 11.1 Å². The van der Waals surface area contributed by atoms with Crippen molar-refractivity contribution in [2.24, 2.45) is 0 Å². The minimum Gasteiger partial charge on any atom is -0.296 e. The van der Waals surface area contributed by atoms with E-state index >= 15 is 0 Å². The van der Waals surface area contributed by atoms with E-state index in [4.69, 9.17) is 11.6 Å². The summed E-state index contributed by atoms with van der Waals surface area (Å²) in [6, 6.07) is 13.7. The molecule has 1 heterocycles. The normalized spacial score (nSPS) is 11.8. The maximum absolute atomic E-state index is 12.4. The van der Waals surface area contributed by atoms with Gasteiger partial charge < -0.3 is 0 Å². The quantitative estimate of drug-likeness (QED) is 0.476. The predicted molar refractivity (Wildman–Crippen MR) is 105 cm³/mol. The Kier molecular flexibility index (Phi) is 5.78. The predicted octanol–water partition coefficient (Wildman–Crippen LogP) is 4.70. The number of anilines is 1. The molecule has 1 N–H and O–H groups in total. The second kappa shape index (κ2) is 8.24. The Balaban J connectivity index is 1.70. The first-order valence-corrected chi connectivity index (χ1v) is 9.26. The van der Waals surface area contributed by atoms with E-state index in [-0.39, 0.29) is 22.2 Å². The van der Waals surface area contributed by atoms with Crippen LogP contribution in [-0.4, -0.2) is 21.0 Å². The molecule has 0 saturated heterocycles. The number of halogens is 1. The van der Waals surface area contributed by atoms with E-state index in [1.54, 1.807) is 0 Å².